The number of cyclic esters (lactones) is 1. The molecule has 3 aromatic rings. The van der Waals surface area contributed by atoms with Crippen molar-refractivity contribution in [1.82, 2.24) is 0 Å². The van der Waals surface area contributed by atoms with Crippen molar-refractivity contribution in [3.63, 3.8) is 0 Å². The maximum absolute atomic E-state index is 12.4. The predicted octanol–water partition coefficient (Wildman–Crippen LogP) is 5.04. The van der Waals surface area contributed by atoms with Gasteiger partial charge in [0.2, 0.25) is 0 Å². The Balaban J connectivity index is 1.80. The molecule has 1 aliphatic heterocycles. The number of esters is 1. The van der Waals surface area contributed by atoms with E-state index in [2.05, 4.69) is 12.1 Å². The normalized spacial score (nSPS) is 18.9. The third-order valence-electron chi connectivity index (χ3n) is 4.12. The maximum atomic E-state index is 12.4. The van der Waals surface area contributed by atoms with Crippen molar-refractivity contribution in [3.05, 3.63) is 102 Å². The molecule has 24 heavy (non-hydrogen) atoms. The quantitative estimate of drug-likeness (QED) is 0.626. The van der Waals surface area contributed by atoms with E-state index in [1.165, 1.54) is 0 Å². The lowest BCUT2D eigenvalue weighted by atomic mass is 9.99. The van der Waals surface area contributed by atoms with Gasteiger partial charge in [-0.25, -0.2) is 4.79 Å². The summed E-state index contributed by atoms with van der Waals surface area (Å²) >= 11 is 1.60. The van der Waals surface area contributed by atoms with E-state index < -0.39 is 4.93 Å². The molecular weight excluding hydrogens is 316 g/mol. The Bertz CT molecular complexity index is 818. The van der Waals surface area contributed by atoms with Crippen LogP contribution in [0, 0.1) is 0 Å². The Morgan fingerprint density at radius 2 is 1.42 bits per heavy atom. The predicted molar refractivity (Wildman–Crippen MR) is 96.0 cm³/mol. The highest BCUT2D eigenvalue weighted by Gasteiger charge is 2.46. The lowest BCUT2D eigenvalue weighted by Crippen LogP contribution is -2.25. The summed E-state index contributed by atoms with van der Waals surface area (Å²) in [6.45, 7) is 0. The fourth-order valence-corrected chi connectivity index (χ4v) is 4.36. The van der Waals surface area contributed by atoms with Gasteiger partial charge < -0.3 is 4.74 Å². The second-order valence-corrected chi connectivity index (χ2v) is 7.10. The van der Waals surface area contributed by atoms with Crippen LogP contribution >= 0.6 is 11.8 Å². The Morgan fingerprint density at radius 1 is 0.792 bits per heavy atom. The average molecular weight is 332 g/mol. The summed E-state index contributed by atoms with van der Waals surface area (Å²) in [6, 6.07) is 27.9. The molecule has 0 spiro atoms. The highest BCUT2D eigenvalue weighted by atomic mass is 32.2. The van der Waals surface area contributed by atoms with Crippen LogP contribution in [0.5, 0.6) is 0 Å². The Kier molecular flexibility index (Phi) is 3.87. The minimum atomic E-state index is -0.726. The van der Waals surface area contributed by atoms with Crippen LogP contribution in [0.3, 0.4) is 0 Å². The first-order valence-electron chi connectivity index (χ1n) is 7.88. The van der Waals surface area contributed by atoms with Crippen molar-refractivity contribution in [2.45, 2.75) is 16.2 Å². The number of carbonyl (C=O) groups excluding carboxylic acids is 1. The summed E-state index contributed by atoms with van der Waals surface area (Å²) in [5.74, 6) is -0.245. The Morgan fingerprint density at radius 3 is 2.17 bits per heavy atom. The third kappa shape index (κ3) is 2.72. The van der Waals surface area contributed by atoms with E-state index in [1.807, 2.05) is 72.8 Å². The highest BCUT2D eigenvalue weighted by Crippen LogP contribution is 2.50. The van der Waals surface area contributed by atoms with Crippen molar-refractivity contribution in [3.8, 4) is 0 Å². The van der Waals surface area contributed by atoms with E-state index in [0.29, 0.717) is 12.0 Å². The summed E-state index contributed by atoms with van der Waals surface area (Å²) in [5.41, 5.74) is 2.76. The zero-order valence-corrected chi connectivity index (χ0v) is 13.8. The fraction of sp³-hybridized carbons (Fsp3) is 0.0952. The Hall–Kier alpha value is -2.52. The molecule has 0 amide bonds. The number of rotatable bonds is 4. The number of hydrogen-bond donors (Lipinski definition) is 0. The van der Waals surface area contributed by atoms with Gasteiger partial charge in [-0.15, -0.1) is 0 Å². The zero-order chi connectivity index (χ0) is 16.4. The maximum Gasteiger partial charge on any atom is 0.340 e. The average Bonchev–Trinajstić information content (AvgIpc) is 2.89. The molecule has 0 saturated heterocycles. The van der Waals surface area contributed by atoms with Gasteiger partial charge in [0.15, 0.2) is 4.93 Å². The number of thioether (sulfide) groups is 1. The highest BCUT2D eigenvalue weighted by molar-refractivity contribution is 8.00. The van der Waals surface area contributed by atoms with E-state index in [1.54, 1.807) is 11.8 Å². The molecule has 1 atom stereocenters. The van der Waals surface area contributed by atoms with Gasteiger partial charge in [0.25, 0.3) is 0 Å². The molecule has 0 saturated carbocycles. The monoisotopic (exact) mass is 332 g/mol. The van der Waals surface area contributed by atoms with Crippen LogP contribution in [0.2, 0.25) is 0 Å². The van der Waals surface area contributed by atoms with Crippen LogP contribution in [0.4, 0.5) is 0 Å². The van der Waals surface area contributed by atoms with Crippen LogP contribution in [0.25, 0.3) is 0 Å². The van der Waals surface area contributed by atoms with Gasteiger partial charge >= 0.3 is 5.97 Å². The van der Waals surface area contributed by atoms with Gasteiger partial charge in [0, 0.05) is 16.9 Å². The third-order valence-corrected chi connectivity index (χ3v) is 5.41. The van der Waals surface area contributed by atoms with E-state index in [0.717, 1.165) is 16.0 Å². The largest absolute Gasteiger partial charge is 0.439 e. The van der Waals surface area contributed by atoms with Gasteiger partial charge in [0.05, 0.1) is 5.56 Å². The number of ether oxygens (including phenoxy) is 1. The van der Waals surface area contributed by atoms with Crippen LogP contribution in [0.15, 0.2) is 89.8 Å². The molecule has 1 heterocycles. The van der Waals surface area contributed by atoms with E-state index in [4.69, 9.17) is 4.74 Å². The number of hydrogen-bond acceptors (Lipinski definition) is 3. The fourth-order valence-electron chi connectivity index (χ4n) is 3.04. The molecule has 0 aromatic heterocycles. The minimum absolute atomic E-state index is 0.245. The SMILES string of the molecule is O=C1OC(Cc2ccccc2)(Sc2ccccc2)c2ccccc21. The summed E-state index contributed by atoms with van der Waals surface area (Å²) < 4.78 is 5.95. The minimum Gasteiger partial charge on any atom is -0.439 e. The Labute approximate surface area is 145 Å². The smallest absolute Gasteiger partial charge is 0.340 e. The van der Waals surface area contributed by atoms with Crippen LogP contribution in [0.1, 0.15) is 21.5 Å². The molecule has 2 nitrogen and oxygen atoms in total. The summed E-state index contributed by atoms with van der Waals surface area (Å²) in [7, 11) is 0. The molecule has 4 rings (SSSR count). The first kappa shape index (κ1) is 15.0. The second-order valence-electron chi connectivity index (χ2n) is 5.77. The van der Waals surface area contributed by atoms with Crippen molar-refractivity contribution in [2.75, 3.05) is 0 Å². The molecule has 0 aliphatic carbocycles. The standard InChI is InChI=1S/C21H16O2S/c22-20-18-13-7-8-14-19(18)21(23-20,15-16-9-3-1-4-10-16)24-17-11-5-2-6-12-17/h1-14H,15H2. The summed E-state index contributed by atoms with van der Waals surface area (Å²) in [6.07, 6.45) is 0.635. The number of carbonyl (C=O) groups is 1. The number of fused-ring (bicyclic) bond motifs is 1. The van der Waals surface area contributed by atoms with Gasteiger partial charge in [-0.1, -0.05) is 78.5 Å². The number of benzene rings is 3. The lowest BCUT2D eigenvalue weighted by Gasteiger charge is -2.28. The molecule has 3 aromatic carbocycles. The first-order chi connectivity index (χ1) is 11.8. The lowest BCUT2D eigenvalue weighted by molar-refractivity contribution is 0.0290. The molecule has 3 heteroatoms. The topological polar surface area (TPSA) is 26.3 Å². The van der Waals surface area contributed by atoms with E-state index >= 15 is 0 Å². The van der Waals surface area contributed by atoms with Crippen LogP contribution in [-0.4, -0.2) is 5.97 Å². The molecule has 0 fully saturated rings. The molecule has 0 radical (unpaired) electrons. The zero-order valence-electron chi connectivity index (χ0n) is 13.0. The van der Waals surface area contributed by atoms with Crippen molar-refractivity contribution in [1.29, 1.82) is 0 Å². The molecule has 1 aliphatic rings. The summed E-state index contributed by atoms with van der Waals surface area (Å²) in [4.78, 5) is 12.8. The molecule has 118 valence electrons. The first-order valence-corrected chi connectivity index (χ1v) is 8.69. The van der Waals surface area contributed by atoms with E-state index in [9.17, 15) is 4.79 Å². The van der Waals surface area contributed by atoms with Gasteiger partial charge in [-0.3, -0.25) is 0 Å². The van der Waals surface area contributed by atoms with Crippen LogP contribution in [-0.2, 0) is 16.1 Å². The second kappa shape index (κ2) is 6.17. The molecular formula is C21H16O2S. The molecule has 1 unspecified atom stereocenters. The van der Waals surface area contributed by atoms with Gasteiger partial charge in [0.1, 0.15) is 0 Å². The van der Waals surface area contributed by atoms with Gasteiger partial charge in [-0.05, 0) is 23.8 Å². The van der Waals surface area contributed by atoms with Gasteiger partial charge in [-0.2, -0.15) is 0 Å². The van der Waals surface area contributed by atoms with E-state index in [-0.39, 0.29) is 5.97 Å². The van der Waals surface area contributed by atoms with Crippen LogP contribution < -0.4 is 0 Å². The van der Waals surface area contributed by atoms with Crippen molar-refractivity contribution >= 4 is 17.7 Å². The molecule has 0 N–H and O–H groups in total. The van der Waals surface area contributed by atoms with Crippen molar-refractivity contribution < 1.29 is 9.53 Å². The summed E-state index contributed by atoms with van der Waals surface area (Å²) in [5, 5.41) is 0. The molecule has 0 bridgehead atoms. The van der Waals surface area contributed by atoms with Crippen molar-refractivity contribution in [2.24, 2.45) is 0 Å².